The summed E-state index contributed by atoms with van der Waals surface area (Å²) in [7, 11) is 0. The normalized spacial score (nSPS) is 23.7. The third-order valence-corrected chi connectivity index (χ3v) is 5.12. The molecule has 2 saturated heterocycles. The minimum atomic E-state index is 0.245. The largest absolute Gasteiger partial charge is 0.454 e. The van der Waals surface area contributed by atoms with Crippen LogP contribution in [0, 0.1) is 0 Å². The topological polar surface area (TPSA) is 51.2 Å². The molecule has 0 aromatic heterocycles. The third-order valence-electron chi connectivity index (χ3n) is 5.12. The molecule has 1 amide bonds. The summed E-state index contributed by atoms with van der Waals surface area (Å²) < 4.78 is 16.2. The number of carbonyl (C=O) groups is 1. The quantitative estimate of drug-likeness (QED) is 0.841. The molecule has 0 bridgehead atoms. The van der Waals surface area contributed by atoms with Crippen molar-refractivity contribution in [3.05, 3.63) is 23.8 Å². The van der Waals surface area contributed by atoms with Crippen molar-refractivity contribution in [1.82, 2.24) is 9.80 Å². The lowest BCUT2D eigenvalue weighted by atomic mass is 10.0. The Bertz CT molecular complexity index is 601. The second-order valence-electron chi connectivity index (χ2n) is 6.55. The molecule has 24 heavy (non-hydrogen) atoms. The van der Waals surface area contributed by atoms with Gasteiger partial charge in [0.15, 0.2) is 11.5 Å². The number of carbonyl (C=O) groups excluding carboxylic acids is 1. The molecule has 3 aliphatic heterocycles. The van der Waals surface area contributed by atoms with E-state index in [2.05, 4.69) is 17.0 Å². The van der Waals surface area contributed by atoms with E-state index in [9.17, 15) is 4.79 Å². The van der Waals surface area contributed by atoms with Crippen LogP contribution in [0.3, 0.4) is 0 Å². The Hall–Kier alpha value is -1.79. The molecule has 1 aromatic carbocycles. The molecule has 3 heterocycles. The van der Waals surface area contributed by atoms with Gasteiger partial charge in [-0.25, -0.2) is 0 Å². The molecule has 0 unspecified atom stereocenters. The van der Waals surface area contributed by atoms with E-state index >= 15 is 0 Å². The fourth-order valence-corrected chi connectivity index (χ4v) is 3.80. The fraction of sp³-hybridized carbons (Fsp3) is 0.611. The van der Waals surface area contributed by atoms with Crippen molar-refractivity contribution in [3.63, 3.8) is 0 Å². The Morgan fingerprint density at radius 1 is 1.12 bits per heavy atom. The number of rotatable bonds is 4. The van der Waals surface area contributed by atoms with Crippen LogP contribution in [0.25, 0.3) is 0 Å². The average Bonchev–Trinajstić information content (AvgIpc) is 3.28. The number of morpholine rings is 1. The van der Waals surface area contributed by atoms with Crippen LogP contribution in [0.15, 0.2) is 18.2 Å². The summed E-state index contributed by atoms with van der Waals surface area (Å²) in [5, 5.41) is 0. The van der Waals surface area contributed by atoms with Gasteiger partial charge in [0.05, 0.1) is 13.2 Å². The van der Waals surface area contributed by atoms with Crippen molar-refractivity contribution in [2.24, 2.45) is 0 Å². The van der Waals surface area contributed by atoms with Gasteiger partial charge in [0.2, 0.25) is 12.7 Å². The maximum atomic E-state index is 12.4. The van der Waals surface area contributed by atoms with Crippen LogP contribution < -0.4 is 9.47 Å². The van der Waals surface area contributed by atoms with Gasteiger partial charge in [-0.1, -0.05) is 6.07 Å². The maximum Gasteiger partial charge on any atom is 0.231 e. The van der Waals surface area contributed by atoms with Crippen molar-refractivity contribution in [2.75, 3.05) is 46.2 Å². The van der Waals surface area contributed by atoms with E-state index in [1.165, 1.54) is 12.0 Å². The number of nitrogens with zero attached hydrogens (tertiary/aromatic N) is 2. The average molecular weight is 332 g/mol. The predicted octanol–water partition coefficient (Wildman–Crippen LogP) is 1.80. The van der Waals surface area contributed by atoms with Gasteiger partial charge < -0.3 is 19.1 Å². The van der Waals surface area contributed by atoms with Gasteiger partial charge in [-0.05, 0) is 37.1 Å². The van der Waals surface area contributed by atoms with Crippen molar-refractivity contribution in [2.45, 2.75) is 25.3 Å². The molecule has 0 spiro atoms. The number of amides is 1. The summed E-state index contributed by atoms with van der Waals surface area (Å²) in [6.45, 7) is 4.95. The zero-order valence-corrected chi connectivity index (χ0v) is 13.9. The molecular weight excluding hydrogens is 308 g/mol. The molecule has 3 aliphatic rings. The lowest BCUT2D eigenvalue weighted by Crippen LogP contribution is -2.42. The van der Waals surface area contributed by atoms with Gasteiger partial charge in [0, 0.05) is 32.1 Å². The molecule has 6 heteroatoms. The van der Waals surface area contributed by atoms with E-state index in [0.717, 1.165) is 44.1 Å². The molecule has 6 nitrogen and oxygen atoms in total. The number of likely N-dealkylation sites (tertiary alicyclic amines) is 1. The van der Waals surface area contributed by atoms with Crippen molar-refractivity contribution >= 4 is 5.91 Å². The Morgan fingerprint density at radius 2 is 1.96 bits per heavy atom. The summed E-state index contributed by atoms with van der Waals surface area (Å²) >= 11 is 0. The van der Waals surface area contributed by atoms with E-state index in [-0.39, 0.29) is 5.91 Å². The predicted molar refractivity (Wildman–Crippen MR) is 88.1 cm³/mol. The SMILES string of the molecule is O=C(CCN1CCC[C@@H]1c1ccc2c(c1)OCO2)N1CCOCC1. The summed E-state index contributed by atoms with van der Waals surface area (Å²) in [5.41, 5.74) is 1.26. The highest BCUT2D eigenvalue weighted by Gasteiger charge is 2.28. The highest BCUT2D eigenvalue weighted by atomic mass is 16.7. The molecular formula is C18H24N2O4. The first-order valence-electron chi connectivity index (χ1n) is 8.80. The molecule has 130 valence electrons. The molecule has 0 saturated carbocycles. The summed E-state index contributed by atoms with van der Waals surface area (Å²) in [5.74, 6) is 1.91. The lowest BCUT2D eigenvalue weighted by Gasteiger charge is -2.29. The summed E-state index contributed by atoms with van der Waals surface area (Å²) in [6.07, 6.45) is 2.89. The third kappa shape index (κ3) is 3.21. The van der Waals surface area contributed by atoms with Gasteiger partial charge in [0.1, 0.15) is 0 Å². The molecule has 1 aromatic rings. The Labute approximate surface area is 142 Å². The van der Waals surface area contributed by atoms with Crippen LogP contribution in [0.5, 0.6) is 11.5 Å². The molecule has 0 aliphatic carbocycles. The number of ether oxygens (including phenoxy) is 3. The highest BCUT2D eigenvalue weighted by molar-refractivity contribution is 5.76. The maximum absolute atomic E-state index is 12.4. The molecule has 4 rings (SSSR count). The van der Waals surface area contributed by atoms with E-state index in [1.807, 2.05) is 11.0 Å². The van der Waals surface area contributed by atoms with Crippen LogP contribution in [0.2, 0.25) is 0 Å². The second-order valence-corrected chi connectivity index (χ2v) is 6.55. The van der Waals surface area contributed by atoms with Crippen molar-refractivity contribution < 1.29 is 19.0 Å². The molecule has 0 N–H and O–H groups in total. The van der Waals surface area contributed by atoms with E-state index in [4.69, 9.17) is 14.2 Å². The van der Waals surface area contributed by atoms with Gasteiger partial charge in [-0.15, -0.1) is 0 Å². The first-order valence-corrected chi connectivity index (χ1v) is 8.80. The summed E-state index contributed by atoms with van der Waals surface area (Å²) in [6, 6.07) is 6.58. The molecule has 2 fully saturated rings. The summed E-state index contributed by atoms with van der Waals surface area (Å²) in [4.78, 5) is 16.7. The van der Waals surface area contributed by atoms with Crippen LogP contribution in [-0.2, 0) is 9.53 Å². The first-order chi connectivity index (χ1) is 11.8. The zero-order valence-electron chi connectivity index (χ0n) is 13.9. The Kier molecular flexibility index (Phi) is 4.58. The number of benzene rings is 1. The Balaban J connectivity index is 1.37. The zero-order chi connectivity index (χ0) is 16.4. The molecule has 0 radical (unpaired) electrons. The second kappa shape index (κ2) is 6.99. The van der Waals surface area contributed by atoms with E-state index in [1.54, 1.807) is 0 Å². The van der Waals surface area contributed by atoms with Gasteiger partial charge in [-0.3, -0.25) is 9.69 Å². The molecule has 1 atom stereocenters. The first kappa shape index (κ1) is 15.7. The van der Waals surface area contributed by atoms with Crippen LogP contribution >= 0.6 is 0 Å². The lowest BCUT2D eigenvalue weighted by molar-refractivity contribution is -0.135. The standard InChI is InChI=1S/C18H24N2O4/c21-18(20-8-10-22-11-9-20)5-7-19-6-1-2-15(19)14-3-4-16-17(12-14)24-13-23-16/h3-4,12,15H,1-2,5-11,13H2/t15-/m1/s1. The van der Waals surface area contributed by atoms with Crippen LogP contribution in [-0.4, -0.2) is 61.9 Å². The number of fused-ring (bicyclic) bond motifs is 1. The fourth-order valence-electron chi connectivity index (χ4n) is 3.80. The minimum Gasteiger partial charge on any atom is -0.454 e. The highest BCUT2D eigenvalue weighted by Crippen LogP contribution is 2.38. The van der Waals surface area contributed by atoms with Crippen molar-refractivity contribution in [1.29, 1.82) is 0 Å². The van der Waals surface area contributed by atoms with Gasteiger partial charge in [-0.2, -0.15) is 0 Å². The van der Waals surface area contributed by atoms with E-state index in [0.29, 0.717) is 32.5 Å². The van der Waals surface area contributed by atoms with Crippen LogP contribution in [0.1, 0.15) is 30.9 Å². The van der Waals surface area contributed by atoms with E-state index < -0.39 is 0 Å². The van der Waals surface area contributed by atoms with Crippen LogP contribution in [0.4, 0.5) is 0 Å². The smallest absolute Gasteiger partial charge is 0.231 e. The van der Waals surface area contributed by atoms with Gasteiger partial charge in [0.25, 0.3) is 0 Å². The number of hydrogen-bond donors (Lipinski definition) is 0. The Morgan fingerprint density at radius 3 is 2.83 bits per heavy atom. The minimum absolute atomic E-state index is 0.245. The van der Waals surface area contributed by atoms with Crippen molar-refractivity contribution in [3.8, 4) is 11.5 Å². The number of hydrogen-bond acceptors (Lipinski definition) is 5. The monoisotopic (exact) mass is 332 g/mol. The van der Waals surface area contributed by atoms with Gasteiger partial charge >= 0.3 is 0 Å².